The van der Waals surface area contributed by atoms with Gasteiger partial charge in [-0.1, -0.05) is 17.3 Å². The van der Waals surface area contributed by atoms with E-state index >= 15 is 0 Å². The van der Waals surface area contributed by atoms with E-state index in [-0.39, 0.29) is 0 Å². The van der Waals surface area contributed by atoms with Crippen LogP contribution in [0, 0.1) is 6.92 Å². The third-order valence-corrected chi connectivity index (χ3v) is 4.38. The molecule has 136 valence electrons. The molecular weight excluding hydrogens is 344 g/mol. The van der Waals surface area contributed by atoms with Crippen molar-refractivity contribution < 1.29 is 18.4 Å². The van der Waals surface area contributed by atoms with Crippen LogP contribution in [-0.2, 0) is 0 Å². The van der Waals surface area contributed by atoms with Gasteiger partial charge in [0.1, 0.15) is 18.2 Å². The number of hydrogen-bond donors (Lipinski definition) is 0. The Kier molecular flexibility index (Phi) is 4.38. The van der Waals surface area contributed by atoms with E-state index in [9.17, 15) is 0 Å². The molecule has 0 aliphatic heterocycles. The Morgan fingerprint density at radius 1 is 0.926 bits per heavy atom. The van der Waals surface area contributed by atoms with Crippen molar-refractivity contribution in [2.45, 2.75) is 6.92 Å². The molecule has 0 N–H and O–H groups in total. The fourth-order valence-electron chi connectivity index (χ4n) is 3.10. The molecule has 6 heteroatoms. The van der Waals surface area contributed by atoms with Crippen LogP contribution >= 0.6 is 0 Å². The number of oxazole rings is 1. The largest absolute Gasteiger partial charge is 0.493 e. The first-order valence-electron chi connectivity index (χ1n) is 8.39. The molecule has 0 bridgehead atoms. The second-order valence-electron chi connectivity index (χ2n) is 6.02. The molecule has 6 nitrogen and oxygen atoms in total. The van der Waals surface area contributed by atoms with Crippen LogP contribution in [0.15, 0.2) is 64.1 Å². The third-order valence-electron chi connectivity index (χ3n) is 4.38. The SMILES string of the molecule is COc1cc(-c2nocc2-c2ccc(-c3ncco3)cc2)cc(C)c1OC. The molecule has 0 aliphatic carbocycles. The molecule has 0 spiro atoms. The number of benzene rings is 2. The van der Waals surface area contributed by atoms with Crippen molar-refractivity contribution in [2.24, 2.45) is 0 Å². The van der Waals surface area contributed by atoms with Gasteiger partial charge in [0.15, 0.2) is 11.5 Å². The topological polar surface area (TPSA) is 70.5 Å². The molecule has 0 atom stereocenters. The van der Waals surface area contributed by atoms with E-state index in [1.54, 1.807) is 32.9 Å². The lowest BCUT2D eigenvalue weighted by molar-refractivity contribution is 0.353. The molecule has 0 aliphatic rings. The summed E-state index contributed by atoms with van der Waals surface area (Å²) in [7, 11) is 3.24. The molecule has 4 rings (SSSR count). The van der Waals surface area contributed by atoms with Gasteiger partial charge < -0.3 is 18.4 Å². The number of hydrogen-bond acceptors (Lipinski definition) is 6. The molecule has 0 unspecified atom stereocenters. The molecular formula is C21H18N2O4. The fraction of sp³-hybridized carbons (Fsp3) is 0.143. The quantitative estimate of drug-likeness (QED) is 0.498. The zero-order valence-electron chi connectivity index (χ0n) is 15.2. The van der Waals surface area contributed by atoms with Gasteiger partial charge in [0.25, 0.3) is 0 Å². The number of rotatable bonds is 5. The maximum absolute atomic E-state index is 5.46. The van der Waals surface area contributed by atoms with Gasteiger partial charge in [-0.05, 0) is 42.3 Å². The zero-order chi connectivity index (χ0) is 18.8. The Morgan fingerprint density at radius 3 is 2.37 bits per heavy atom. The average molecular weight is 362 g/mol. The Hall–Kier alpha value is -3.54. The van der Waals surface area contributed by atoms with E-state index < -0.39 is 0 Å². The predicted molar refractivity (Wildman–Crippen MR) is 101 cm³/mol. The maximum atomic E-state index is 5.46. The number of nitrogens with zero attached hydrogens (tertiary/aromatic N) is 2. The second-order valence-corrected chi connectivity index (χ2v) is 6.02. The van der Waals surface area contributed by atoms with E-state index in [1.165, 1.54) is 0 Å². The molecule has 4 aromatic rings. The van der Waals surface area contributed by atoms with Crippen molar-refractivity contribution in [3.8, 4) is 45.3 Å². The molecule has 2 heterocycles. The Labute approximate surface area is 156 Å². The Bertz CT molecular complexity index is 1050. The lowest BCUT2D eigenvalue weighted by Gasteiger charge is -2.12. The van der Waals surface area contributed by atoms with E-state index in [4.69, 9.17) is 18.4 Å². The minimum absolute atomic E-state index is 0.586. The highest BCUT2D eigenvalue weighted by Gasteiger charge is 2.17. The van der Waals surface area contributed by atoms with Gasteiger partial charge in [-0.2, -0.15) is 0 Å². The van der Waals surface area contributed by atoms with Crippen LogP contribution in [-0.4, -0.2) is 24.4 Å². The van der Waals surface area contributed by atoms with Gasteiger partial charge in [0.2, 0.25) is 5.89 Å². The summed E-state index contributed by atoms with van der Waals surface area (Å²) in [6.07, 6.45) is 4.82. The summed E-state index contributed by atoms with van der Waals surface area (Å²) in [5.74, 6) is 1.95. The summed E-state index contributed by atoms with van der Waals surface area (Å²) in [6.45, 7) is 1.97. The van der Waals surface area contributed by atoms with Gasteiger partial charge in [-0.3, -0.25) is 0 Å². The highest BCUT2D eigenvalue weighted by atomic mass is 16.5. The third kappa shape index (κ3) is 3.06. The lowest BCUT2D eigenvalue weighted by atomic mass is 9.99. The van der Waals surface area contributed by atoms with Crippen molar-refractivity contribution in [3.05, 3.63) is 60.7 Å². The number of aromatic nitrogens is 2. The highest BCUT2D eigenvalue weighted by Crippen LogP contribution is 2.39. The van der Waals surface area contributed by atoms with Crippen LogP contribution in [0.4, 0.5) is 0 Å². The van der Waals surface area contributed by atoms with Crippen LogP contribution < -0.4 is 9.47 Å². The first-order valence-corrected chi connectivity index (χ1v) is 8.39. The van der Waals surface area contributed by atoms with Crippen molar-refractivity contribution in [3.63, 3.8) is 0 Å². The molecule has 0 radical (unpaired) electrons. The van der Waals surface area contributed by atoms with E-state index in [2.05, 4.69) is 10.1 Å². The van der Waals surface area contributed by atoms with Crippen LogP contribution in [0.2, 0.25) is 0 Å². The summed E-state index contributed by atoms with van der Waals surface area (Å²) in [5.41, 5.74) is 5.37. The molecule has 2 aromatic carbocycles. The van der Waals surface area contributed by atoms with Gasteiger partial charge in [0.05, 0.1) is 20.4 Å². The maximum Gasteiger partial charge on any atom is 0.225 e. The molecule has 27 heavy (non-hydrogen) atoms. The van der Waals surface area contributed by atoms with Crippen molar-refractivity contribution in [2.75, 3.05) is 14.2 Å². The van der Waals surface area contributed by atoms with E-state index in [0.29, 0.717) is 17.4 Å². The average Bonchev–Trinajstić information content (AvgIpc) is 3.39. The zero-order valence-corrected chi connectivity index (χ0v) is 15.2. The van der Waals surface area contributed by atoms with Gasteiger partial charge in [-0.25, -0.2) is 4.98 Å². The lowest BCUT2D eigenvalue weighted by Crippen LogP contribution is -1.94. The van der Waals surface area contributed by atoms with Crippen molar-refractivity contribution in [1.29, 1.82) is 0 Å². The minimum Gasteiger partial charge on any atom is -0.493 e. The van der Waals surface area contributed by atoms with Crippen molar-refractivity contribution >= 4 is 0 Å². The highest BCUT2D eigenvalue weighted by molar-refractivity contribution is 5.82. The monoisotopic (exact) mass is 362 g/mol. The summed E-state index contributed by atoms with van der Waals surface area (Å²) in [4.78, 5) is 4.17. The van der Waals surface area contributed by atoms with Crippen LogP contribution in [0.5, 0.6) is 11.5 Å². The second kappa shape index (κ2) is 6.99. The smallest absolute Gasteiger partial charge is 0.225 e. The van der Waals surface area contributed by atoms with Gasteiger partial charge in [-0.15, -0.1) is 0 Å². The Balaban J connectivity index is 1.74. The van der Waals surface area contributed by atoms with E-state index in [0.717, 1.165) is 33.5 Å². The molecule has 0 amide bonds. The Morgan fingerprint density at radius 2 is 1.70 bits per heavy atom. The molecule has 2 aromatic heterocycles. The number of ether oxygens (including phenoxy) is 2. The standard InChI is InChI=1S/C21H18N2O4/c1-13-10-16(11-18(24-2)20(13)25-3)19-17(12-27-23-19)14-4-6-15(7-5-14)21-22-8-9-26-21/h4-12H,1-3H3. The van der Waals surface area contributed by atoms with Crippen LogP contribution in [0.1, 0.15) is 5.56 Å². The first kappa shape index (κ1) is 16.9. The van der Waals surface area contributed by atoms with Gasteiger partial charge in [0, 0.05) is 16.7 Å². The summed E-state index contributed by atoms with van der Waals surface area (Å²) < 4.78 is 21.5. The van der Waals surface area contributed by atoms with Crippen LogP contribution in [0.25, 0.3) is 33.8 Å². The normalized spacial score (nSPS) is 10.8. The summed E-state index contributed by atoms with van der Waals surface area (Å²) in [6, 6.07) is 11.8. The number of aryl methyl sites for hydroxylation is 1. The summed E-state index contributed by atoms with van der Waals surface area (Å²) >= 11 is 0. The van der Waals surface area contributed by atoms with Gasteiger partial charge >= 0.3 is 0 Å². The van der Waals surface area contributed by atoms with Crippen LogP contribution in [0.3, 0.4) is 0 Å². The first-order chi connectivity index (χ1) is 13.2. The minimum atomic E-state index is 0.586. The summed E-state index contributed by atoms with van der Waals surface area (Å²) in [5, 5.41) is 4.20. The fourth-order valence-corrected chi connectivity index (χ4v) is 3.10. The van der Waals surface area contributed by atoms with Crippen molar-refractivity contribution in [1.82, 2.24) is 10.1 Å². The molecule has 0 saturated heterocycles. The molecule has 0 saturated carbocycles. The number of methoxy groups -OCH3 is 2. The molecule has 0 fully saturated rings. The predicted octanol–water partition coefficient (Wildman–Crippen LogP) is 4.99. The van der Waals surface area contributed by atoms with E-state index in [1.807, 2.05) is 43.3 Å².